The van der Waals surface area contributed by atoms with Crippen molar-refractivity contribution >= 4 is 0 Å². The highest BCUT2D eigenvalue weighted by Gasteiger charge is 2.43. The molecule has 2 fully saturated rings. The molecule has 0 aromatic heterocycles. The molecule has 1 heteroatoms. The number of benzene rings is 1. The summed E-state index contributed by atoms with van der Waals surface area (Å²) < 4.78 is 0. The average molecular weight is 201 g/mol. The minimum atomic E-state index is 0.328. The summed E-state index contributed by atoms with van der Waals surface area (Å²) in [6.45, 7) is 3.45. The molecule has 1 aliphatic heterocycles. The van der Waals surface area contributed by atoms with Crippen molar-refractivity contribution in [1.29, 1.82) is 0 Å². The van der Waals surface area contributed by atoms with Crippen LogP contribution in [0.15, 0.2) is 24.3 Å². The molecular weight excluding hydrogens is 182 g/mol. The van der Waals surface area contributed by atoms with Crippen molar-refractivity contribution in [2.24, 2.45) is 5.92 Å². The van der Waals surface area contributed by atoms with Gasteiger partial charge in [0, 0.05) is 5.54 Å². The Hall–Kier alpha value is -0.820. The zero-order valence-corrected chi connectivity index (χ0v) is 9.42. The van der Waals surface area contributed by atoms with Gasteiger partial charge in [0.2, 0.25) is 0 Å². The molecule has 2 bridgehead atoms. The van der Waals surface area contributed by atoms with Crippen molar-refractivity contribution in [3.63, 3.8) is 0 Å². The normalized spacial score (nSPS) is 34.3. The Balaban J connectivity index is 2.02. The maximum Gasteiger partial charge on any atom is 0.0440 e. The minimum Gasteiger partial charge on any atom is -0.307 e. The van der Waals surface area contributed by atoms with Gasteiger partial charge in [-0.3, -0.25) is 0 Å². The number of hydrogen-bond donors (Lipinski definition) is 1. The molecule has 0 amide bonds. The van der Waals surface area contributed by atoms with E-state index in [1.807, 2.05) is 0 Å². The smallest absolute Gasteiger partial charge is 0.0440 e. The van der Waals surface area contributed by atoms with Crippen LogP contribution in [-0.2, 0) is 5.54 Å². The summed E-state index contributed by atoms with van der Waals surface area (Å²) in [4.78, 5) is 0. The van der Waals surface area contributed by atoms with E-state index in [2.05, 4.69) is 36.5 Å². The second-order valence-electron chi connectivity index (χ2n) is 5.22. The highest BCUT2D eigenvalue weighted by atomic mass is 15.0. The van der Waals surface area contributed by atoms with Gasteiger partial charge in [0.05, 0.1) is 0 Å². The summed E-state index contributed by atoms with van der Waals surface area (Å²) >= 11 is 0. The monoisotopic (exact) mass is 201 g/mol. The van der Waals surface area contributed by atoms with E-state index >= 15 is 0 Å². The number of fused-ring (bicyclic) bond motifs is 2. The van der Waals surface area contributed by atoms with Gasteiger partial charge in [-0.05, 0) is 56.2 Å². The van der Waals surface area contributed by atoms with Gasteiger partial charge in [-0.15, -0.1) is 0 Å². The molecule has 1 nitrogen and oxygen atoms in total. The molecule has 1 N–H and O–H groups in total. The third-order valence-electron chi connectivity index (χ3n) is 4.29. The third-order valence-corrected chi connectivity index (χ3v) is 4.29. The Morgan fingerprint density at radius 3 is 3.00 bits per heavy atom. The largest absolute Gasteiger partial charge is 0.307 e. The fourth-order valence-electron chi connectivity index (χ4n) is 3.52. The zero-order chi connectivity index (χ0) is 10.3. The van der Waals surface area contributed by atoms with E-state index in [0.717, 1.165) is 5.92 Å². The molecule has 0 radical (unpaired) electrons. The Bertz CT molecular complexity index is 367. The lowest BCUT2D eigenvalue weighted by atomic mass is 9.82. The molecule has 0 spiro atoms. The third kappa shape index (κ3) is 1.41. The summed E-state index contributed by atoms with van der Waals surface area (Å²) in [6.07, 6.45) is 5.50. The standard InChI is InChI=1S/C14H19N/c1-11-4-2-3-5-13(11)14-8-6-12(10-14)7-9-15-14/h2-5,12,15H,6-10H2,1H3. The van der Waals surface area contributed by atoms with Gasteiger partial charge >= 0.3 is 0 Å². The fourth-order valence-corrected chi connectivity index (χ4v) is 3.52. The molecular formula is C14H19N. The lowest BCUT2D eigenvalue weighted by Crippen LogP contribution is -2.44. The molecule has 15 heavy (non-hydrogen) atoms. The second kappa shape index (κ2) is 3.34. The van der Waals surface area contributed by atoms with Gasteiger partial charge in [0.1, 0.15) is 0 Å². The van der Waals surface area contributed by atoms with Crippen LogP contribution in [0.2, 0.25) is 0 Å². The highest BCUT2D eigenvalue weighted by molar-refractivity contribution is 5.34. The van der Waals surface area contributed by atoms with Gasteiger partial charge < -0.3 is 5.32 Å². The van der Waals surface area contributed by atoms with Crippen LogP contribution in [0.4, 0.5) is 0 Å². The highest BCUT2D eigenvalue weighted by Crippen LogP contribution is 2.46. The van der Waals surface area contributed by atoms with Crippen molar-refractivity contribution in [1.82, 2.24) is 5.32 Å². The van der Waals surface area contributed by atoms with E-state index in [-0.39, 0.29) is 0 Å². The molecule has 1 saturated heterocycles. The lowest BCUT2D eigenvalue weighted by molar-refractivity contribution is 0.274. The van der Waals surface area contributed by atoms with Crippen LogP contribution >= 0.6 is 0 Å². The van der Waals surface area contributed by atoms with Crippen LogP contribution in [0.5, 0.6) is 0 Å². The first-order valence-electron chi connectivity index (χ1n) is 6.11. The zero-order valence-electron chi connectivity index (χ0n) is 9.42. The molecule has 3 rings (SSSR count). The van der Waals surface area contributed by atoms with E-state index in [1.54, 1.807) is 5.56 Å². The fraction of sp³-hybridized carbons (Fsp3) is 0.571. The summed E-state index contributed by atoms with van der Waals surface area (Å²) in [5.41, 5.74) is 3.33. The summed E-state index contributed by atoms with van der Waals surface area (Å²) in [5, 5.41) is 3.78. The van der Waals surface area contributed by atoms with Crippen LogP contribution in [0, 0.1) is 12.8 Å². The number of aryl methyl sites for hydroxylation is 1. The maximum absolute atomic E-state index is 3.78. The first-order chi connectivity index (χ1) is 7.30. The first-order valence-corrected chi connectivity index (χ1v) is 6.11. The van der Waals surface area contributed by atoms with E-state index in [1.165, 1.54) is 37.8 Å². The van der Waals surface area contributed by atoms with E-state index in [4.69, 9.17) is 0 Å². The Kier molecular flexibility index (Phi) is 2.10. The summed E-state index contributed by atoms with van der Waals surface area (Å²) in [5.74, 6) is 0.978. The van der Waals surface area contributed by atoms with Crippen LogP contribution in [-0.4, -0.2) is 6.54 Å². The predicted molar refractivity (Wildman–Crippen MR) is 62.8 cm³/mol. The molecule has 80 valence electrons. The minimum absolute atomic E-state index is 0.328. The van der Waals surface area contributed by atoms with E-state index in [9.17, 15) is 0 Å². The number of rotatable bonds is 1. The molecule has 2 atom stereocenters. The van der Waals surface area contributed by atoms with Gasteiger partial charge in [0.15, 0.2) is 0 Å². The van der Waals surface area contributed by atoms with Gasteiger partial charge in [-0.1, -0.05) is 24.3 Å². The first kappa shape index (κ1) is 9.41. The van der Waals surface area contributed by atoms with Crippen LogP contribution in [0.3, 0.4) is 0 Å². The lowest BCUT2D eigenvalue weighted by Gasteiger charge is -2.36. The van der Waals surface area contributed by atoms with Crippen LogP contribution in [0.25, 0.3) is 0 Å². The summed E-state index contributed by atoms with van der Waals surface area (Å²) in [7, 11) is 0. The molecule has 2 aliphatic rings. The van der Waals surface area contributed by atoms with Crippen molar-refractivity contribution < 1.29 is 0 Å². The van der Waals surface area contributed by atoms with Crippen LogP contribution in [0.1, 0.15) is 36.8 Å². The van der Waals surface area contributed by atoms with Gasteiger partial charge in [0.25, 0.3) is 0 Å². The molecule has 1 saturated carbocycles. The SMILES string of the molecule is Cc1ccccc1C12CCC(CCN1)C2. The number of nitrogens with one attached hydrogen (secondary N) is 1. The van der Waals surface area contributed by atoms with Gasteiger partial charge in [-0.2, -0.15) is 0 Å². The van der Waals surface area contributed by atoms with Gasteiger partial charge in [-0.25, -0.2) is 0 Å². The van der Waals surface area contributed by atoms with E-state index < -0.39 is 0 Å². The average Bonchev–Trinajstić information content (AvgIpc) is 2.56. The van der Waals surface area contributed by atoms with Crippen molar-refractivity contribution in [3.8, 4) is 0 Å². The van der Waals surface area contributed by atoms with Crippen molar-refractivity contribution in [3.05, 3.63) is 35.4 Å². The number of hydrogen-bond acceptors (Lipinski definition) is 1. The Morgan fingerprint density at radius 2 is 2.13 bits per heavy atom. The molecule has 1 heterocycles. The topological polar surface area (TPSA) is 12.0 Å². The predicted octanol–water partition coefficient (Wildman–Crippen LogP) is 2.98. The summed E-state index contributed by atoms with van der Waals surface area (Å²) in [6, 6.07) is 8.88. The molecule has 1 aromatic carbocycles. The number of piperidine rings is 1. The van der Waals surface area contributed by atoms with Crippen LogP contribution < -0.4 is 5.32 Å². The van der Waals surface area contributed by atoms with Crippen molar-refractivity contribution in [2.45, 2.75) is 38.1 Å². The Labute approximate surface area is 91.9 Å². The quantitative estimate of drug-likeness (QED) is 0.736. The van der Waals surface area contributed by atoms with Crippen molar-refractivity contribution in [2.75, 3.05) is 6.54 Å². The second-order valence-corrected chi connectivity index (χ2v) is 5.22. The Morgan fingerprint density at radius 1 is 1.27 bits per heavy atom. The maximum atomic E-state index is 3.78. The molecule has 2 unspecified atom stereocenters. The van der Waals surface area contributed by atoms with E-state index in [0.29, 0.717) is 5.54 Å². The molecule has 1 aromatic rings. The molecule has 1 aliphatic carbocycles.